The first-order valence-corrected chi connectivity index (χ1v) is 6.32. The van der Waals surface area contributed by atoms with Gasteiger partial charge in [0.05, 0.1) is 6.10 Å². The van der Waals surface area contributed by atoms with Crippen LogP contribution in [0, 0.1) is 0 Å². The van der Waals surface area contributed by atoms with Gasteiger partial charge in [-0.25, -0.2) is 0 Å². The quantitative estimate of drug-likeness (QED) is 0.844. The van der Waals surface area contributed by atoms with Gasteiger partial charge >= 0.3 is 0 Å². The van der Waals surface area contributed by atoms with Gasteiger partial charge in [0.2, 0.25) is 0 Å². The second-order valence-electron chi connectivity index (χ2n) is 5.20. The minimum absolute atomic E-state index is 0.0466. The Morgan fingerprint density at radius 1 is 1.06 bits per heavy atom. The molecule has 2 aliphatic rings. The van der Waals surface area contributed by atoms with Crippen LogP contribution in [0.3, 0.4) is 0 Å². The van der Waals surface area contributed by atoms with E-state index in [-0.39, 0.29) is 5.54 Å². The van der Waals surface area contributed by atoms with Gasteiger partial charge in [-0.05, 0) is 56.2 Å². The summed E-state index contributed by atoms with van der Waals surface area (Å²) in [5.74, 6) is 0.997. The van der Waals surface area contributed by atoms with Crippen molar-refractivity contribution in [3.05, 3.63) is 29.8 Å². The lowest BCUT2D eigenvalue weighted by molar-refractivity contribution is 0.120. The molecule has 1 aromatic carbocycles. The van der Waals surface area contributed by atoms with Crippen LogP contribution >= 0.6 is 0 Å². The maximum absolute atomic E-state index is 6.27. The summed E-state index contributed by atoms with van der Waals surface area (Å²) in [6.45, 7) is 0. The van der Waals surface area contributed by atoms with Crippen molar-refractivity contribution < 1.29 is 4.74 Å². The summed E-state index contributed by atoms with van der Waals surface area (Å²) < 4.78 is 5.83. The molecule has 1 aromatic rings. The van der Waals surface area contributed by atoms with Gasteiger partial charge in [0.1, 0.15) is 5.75 Å². The standard InChI is InChI=1S/C14H19NO/c15-14(9-2-10-14)11-5-7-13(8-6-11)16-12-3-1-4-12/h5-8,12H,1-4,9-10,15H2. The Hall–Kier alpha value is -1.02. The lowest BCUT2D eigenvalue weighted by atomic mass is 9.73. The highest BCUT2D eigenvalue weighted by Crippen LogP contribution is 2.39. The fourth-order valence-corrected chi connectivity index (χ4v) is 2.39. The van der Waals surface area contributed by atoms with Crippen LogP contribution in [-0.2, 0) is 5.54 Å². The average Bonchev–Trinajstić information content (AvgIpc) is 2.21. The molecule has 2 fully saturated rings. The number of ether oxygens (including phenoxy) is 1. The molecule has 0 atom stereocenters. The van der Waals surface area contributed by atoms with Gasteiger partial charge in [0, 0.05) is 5.54 Å². The fraction of sp³-hybridized carbons (Fsp3) is 0.571. The molecule has 2 nitrogen and oxygen atoms in total. The van der Waals surface area contributed by atoms with E-state index in [1.807, 2.05) is 0 Å². The van der Waals surface area contributed by atoms with Crippen molar-refractivity contribution in [3.63, 3.8) is 0 Å². The number of benzene rings is 1. The number of hydrogen-bond donors (Lipinski definition) is 1. The van der Waals surface area contributed by atoms with E-state index < -0.39 is 0 Å². The molecule has 2 N–H and O–H groups in total. The number of rotatable bonds is 3. The Balaban J connectivity index is 1.69. The van der Waals surface area contributed by atoms with Crippen LogP contribution < -0.4 is 10.5 Å². The molecule has 0 radical (unpaired) electrons. The SMILES string of the molecule is NC1(c2ccc(OC3CCC3)cc2)CCC1. The van der Waals surface area contributed by atoms with E-state index in [2.05, 4.69) is 24.3 Å². The van der Waals surface area contributed by atoms with E-state index in [0.717, 1.165) is 18.6 Å². The van der Waals surface area contributed by atoms with Crippen LogP contribution in [0.1, 0.15) is 44.1 Å². The zero-order valence-electron chi connectivity index (χ0n) is 9.61. The van der Waals surface area contributed by atoms with Gasteiger partial charge in [-0.2, -0.15) is 0 Å². The zero-order chi connectivity index (χ0) is 11.0. The highest BCUT2D eigenvalue weighted by Gasteiger charge is 2.34. The molecule has 0 heterocycles. The van der Waals surface area contributed by atoms with Gasteiger partial charge in [-0.3, -0.25) is 0 Å². The molecular formula is C14H19NO. The van der Waals surface area contributed by atoms with Crippen molar-refractivity contribution in [2.75, 3.05) is 0 Å². The Morgan fingerprint density at radius 3 is 2.19 bits per heavy atom. The Morgan fingerprint density at radius 2 is 1.75 bits per heavy atom. The van der Waals surface area contributed by atoms with Crippen LogP contribution in [0.2, 0.25) is 0 Å². The Bertz CT molecular complexity index is 363. The van der Waals surface area contributed by atoms with Crippen molar-refractivity contribution in [1.82, 2.24) is 0 Å². The average molecular weight is 217 g/mol. The lowest BCUT2D eigenvalue weighted by Crippen LogP contribution is -2.43. The molecule has 86 valence electrons. The molecule has 3 rings (SSSR count). The Kier molecular flexibility index (Phi) is 2.40. The summed E-state index contributed by atoms with van der Waals surface area (Å²) in [7, 11) is 0. The smallest absolute Gasteiger partial charge is 0.119 e. The second-order valence-corrected chi connectivity index (χ2v) is 5.20. The van der Waals surface area contributed by atoms with Crippen molar-refractivity contribution in [3.8, 4) is 5.75 Å². The zero-order valence-corrected chi connectivity index (χ0v) is 9.61. The van der Waals surface area contributed by atoms with Crippen molar-refractivity contribution >= 4 is 0 Å². The summed E-state index contributed by atoms with van der Waals surface area (Å²) in [4.78, 5) is 0. The first-order valence-electron chi connectivity index (χ1n) is 6.32. The number of hydrogen-bond acceptors (Lipinski definition) is 2. The van der Waals surface area contributed by atoms with Gasteiger partial charge in [-0.15, -0.1) is 0 Å². The third kappa shape index (κ3) is 1.71. The predicted molar refractivity (Wildman–Crippen MR) is 64.4 cm³/mol. The largest absolute Gasteiger partial charge is 0.490 e. The van der Waals surface area contributed by atoms with Crippen molar-refractivity contribution in [2.24, 2.45) is 5.73 Å². The van der Waals surface area contributed by atoms with Crippen LogP contribution in [0.4, 0.5) is 0 Å². The van der Waals surface area contributed by atoms with Crippen LogP contribution in [0.15, 0.2) is 24.3 Å². The molecule has 2 saturated carbocycles. The summed E-state index contributed by atoms with van der Waals surface area (Å²) in [6, 6.07) is 8.40. The van der Waals surface area contributed by atoms with Crippen molar-refractivity contribution in [1.29, 1.82) is 0 Å². The summed E-state index contributed by atoms with van der Waals surface area (Å²) in [6.07, 6.45) is 7.70. The maximum Gasteiger partial charge on any atom is 0.119 e. The van der Waals surface area contributed by atoms with E-state index in [4.69, 9.17) is 10.5 Å². The molecule has 0 amide bonds. The second kappa shape index (κ2) is 3.77. The summed E-state index contributed by atoms with van der Waals surface area (Å²) in [5.41, 5.74) is 7.49. The minimum Gasteiger partial charge on any atom is -0.490 e. The number of nitrogens with two attached hydrogens (primary N) is 1. The maximum atomic E-state index is 6.27. The third-order valence-electron chi connectivity index (χ3n) is 4.03. The van der Waals surface area contributed by atoms with Crippen LogP contribution in [-0.4, -0.2) is 6.10 Å². The third-order valence-corrected chi connectivity index (χ3v) is 4.03. The van der Waals surface area contributed by atoms with Gasteiger partial charge in [0.25, 0.3) is 0 Å². The predicted octanol–water partition coefficient (Wildman–Crippen LogP) is 2.96. The molecule has 0 spiro atoms. The molecule has 2 heteroatoms. The molecular weight excluding hydrogens is 198 g/mol. The van der Waals surface area contributed by atoms with E-state index in [1.54, 1.807) is 0 Å². The molecule has 0 unspecified atom stereocenters. The van der Waals surface area contributed by atoms with Gasteiger partial charge in [0.15, 0.2) is 0 Å². The van der Waals surface area contributed by atoms with Crippen molar-refractivity contribution in [2.45, 2.75) is 50.2 Å². The van der Waals surface area contributed by atoms with Crippen LogP contribution in [0.5, 0.6) is 5.75 Å². The first kappa shape index (κ1) is 10.2. The van der Waals surface area contributed by atoms with E-state index >= 15 is 0 Å². The summed E-state index contributed by atoms with van der Waals surface area (Å²) >= 11 is 0. The van der Waals surface area contributed by atoms with Crippen LogP contribution in [0.25, 0.3) is 0 Å². The molecule has 0 bridgehead atoms. The van der Waals surface area contributed by atoms with E-state index in [0.29, 0.717) is 6.10 Å². The molecule has 2 aliphatic carbocycles. The molecule has 16 heavy (non-hydrogen) atoms. The molecule has 0 saturated heterocycles. The van der Waals surface area contributed by atoms with E-state index in [9.17, 15) is 0 Å². The monoisotopic (exact) mass is 217 g/mol. The fourth-order valence-electron chi connectivity index (χ4n) is 2.39. The topological polar surface area (TPSA) is 35.2 Å². The lowest BCUT2D eigenvalue weighted by Gasteiger charge is -2.38. The molecule has 0 aliphatic heterocycles. The summed E-state index contributed by atoms with van der Waals surface area (Å²) in [5, 5.41) is 0. The highest BCUT2D eigenvalue weighted by molar-refractivity contribution is 5.33. The van der Waals surface area contributed by atoms with E-state index in [1.165, 1.54) is 31.2 Å². The van der Waals surface area contributed by atoms with Gasteiger partial charge in [-0.1, -0.05) is 12.1 Å². The highest BCUT2D eigenvalue weighted by atomic mass is 16.5. The first-order chi connectivity index (χ1) is 7.76. The normalized spacial score (nSPS) is 23.3. The van der Waals surface area contributed by atoms with Gasteiger partial charge < -0.3 is 10.5 Å². The molecule has 0 aromatic heterocycles. The minimum atomic E-state index is -0.0466. The Labute approximate surface area is 96.8 Å².